The van der Waals surface area contributed by atoms with Crippen LogP contribution in [0.3, 0.4) is 0 Å². The predicted octanol–water partition coefficient (Wildman–Crippen LogP) is 2.05. The minimum atomic E-state index is -3.61. The van der Waals surface area contributed by atoms with Crippen LogP contribution in [0.5, 0.6) is 0 Å². The summed E-state index contributed by atoms with van der Waals surface area (Å²) in [6, 6.07) is 13.6. The van der Waals surface area contributed by atoms with Crippen LogP contribution in [0, 0.1) is 5.82 Å². The second-order valence-electron chi connectivity index (χ2n) is 5.58. The van der Waals surface area contributed by atoms with Gasteiger partial charge in [-0.15, -0.1) is 0 Å². The van der Waals surface area contributed by atoms with E-state index in [0.29, 0.717) is 16.9 Å². The summed E-state index contributed by atoms with van der Waals surface area (Å²) in [5, 5.41) is 11.8. The lowest BCUT2D eigenvalue weighted by molar-refractivity contribution is 0.102. The molecule has 26 heavy (non-hydrogen) atoms. The molecule has 3 rings (SSSR count). The summed E-state index contributed by atoms with van der Waals surface area (Å²) in [6.45, 7) is 0. The summed E-state index contributed by atoms with van der Waals surface area (Å²) in [5.74, 6) is -1.12. The van der Waals surface area contributed by atoms with Gasteiger partial charge in [-0.2, -0.15) is 5.10 Å². The summed E-state index contributed by atoms with van der Waals surface area (Å²) in [7, 11) is -3.61. The first kappa shape index (κ1) is 17.8. The Balaban J connectivity index is 1.71. The number of carbonyl (C=O) groups excluding carboxylic acids is 1. The van der Waals surface area contributed by atoms with Crippen LogP contribution < -0.4 is 10.5 Å². The first-order valence-electron chi connectivity index (χ1n) is 7.52. The molecule has 0 bridgehead atoms. The molecule has 134 valence electrons. The normalized spacial score (nSPS) is 11.3. The smallest absolute Gasteiger partial charge is 0.276 e. The van der Waals surface area contributed by atoms with Crippen LogP contribution in [0.4, 0.5) is 10.1 Å². The van der Waals surface area contributed by atoms with Crippen molar-refractivity contribution >= 4 is 21.6 Å². The number of primary sulfonamides is 1. The molecule has 0 radical (unpaired) electrons. The van der Waals surface area contributed by atoms with E-state index in [-0.39, 0.29) is 11.4 Å². The second-order valence-corrected chi connectivity index (χ2v) is 7.20. The lowest BCUT2D eigenvalue weighted by Gasteiger charge is -2.05. The van der Waals surface area contributed by atoms with Crippen molar-refractivity contribution in [3.8, 4) is 5.69 Å². The number of hydrogen-bond donors (Lipinski definition) is 2. The highest BCUT2D eigenvalue weighted by atomic mass is 32.2. The van der Waals surface area contributed by atoms with Crippen molar-refractivity contribution in [2.75, 3.05) is 5.32 Å². The maximum atomic E-state index is 13.3. The quantitative estimate of drug-likeness (QED) is 0.713. The average Bonchev–Trinajstić information content (AvgIpc) is 3.05. The fraction of sp³-hybridized carbons (Fsp3) is 0.0588. The largest absolute Gasteiger partial charge is 0.321 e. The Labute approximate surface area is 149 Å². The van der Waals surface area contributed by atoms with Crippen molar-refractivity contribution in [1.82, 2.24) is 9.78 Å². The van der Waals surface area contributed by atoms with Crippen LogP contribution in [-0.4, -0.2) is 24.1 Å². The number of anilines is 1. The van der Waals surface area contributed by atoms with Gasteiger partial charge in [-0.1, -0.05) is 18.2 Å². The summed E-state index contributed by atoms with van der Waals surface area (Å²) >= 11 is 0. The Morgan fingerprint density at radius 2 is 1.88 bits per heavy atom. The topological polar surface area (TPSA) is 107 Å². The number of amides is 1. The van der Waals surface area contributed by atoms with Crippen molar-refractivity contribution in [2.24, 2.45) is 5.14 Å². The van der Waals surface area contributed by atoms with Gasteiger partial charge in [0.05, 0.1) is 11.4 Å². The van der Waals surface area contributed by atoms with Gasteiger partial charge in [0.1, 0.15) is 5.82 Å². The molecule has 0 saturated heterocycles. The third-order valence-corrected chi connectivity index (χ3v) is 4.21. The summed E-state index contributed by atoms with van der Waals surface area (Å²) in [5.41, 5.74) is 1.65. The first-order chi connectivity index (χ1) is 12.3. The monoisotopic (exact) mass is 374 g/mol. The van der Waals surface area contributed by atoms with Crippen molar-refractivity contribution in [2.45, 2.75) is 5.75 Å². The highest BCUT2D eigenvalue weighted by Crippen LogP contribution is 2.14. The number of carbonyl (C=O) groups is 1. The van der Waals surface area contributed by atoms with E-state index < -0.39 is 21.7 Å². The van der Waals surface area contributed by atoms with Crippen LogP contribution in [0.25, 0.3) is 5.69 Å². The fourth-order valence-corrected chi connectivity index (χ4v) is 2.98. The zero-order valence-corrected chi connectivity index (χ0v) is 14.3. The van der Waals surface area contributed by atoms with Gasteiger partial charge in [0.2, 0.25) is 10.0 Å². The van der Waals surface area contributed by atoms with E-state index >= 15 is 0 Å². The molecular formula is C17H15FN4O3S. The Morgan fingerprint density at radius 3 is 2.54 bits per heavy atom. The lowest BCUT2D eigenvalue weighted by atomic mass is 10.2. The third kappa shape index (κ3) is 4.52. The number of benzene rings is 2. The van der Waals surface area contributed by atoms with E-state index in [1.165, 1.54) is 22.9 Å². The number of aromatic nitrogens is 2. The number of halogens is 1. The van der Waals surface area contributed by atoms with Crippen LogP contribution in [0.15, 0.2) is 60.8 Å². The van der Waals surface area contributed by atoms with Gasteiger partial charge in [0, 0.05) is 11.9 Å². The van der Waals surface area contributed by atoms with Gasteiger partial charge in [-0.05, 0) is 42.0 Å². The van der Waals surface area contributed by atoms with Crippen LogP contribution in [-0.2, 0) is 15.8 Å². The van der Waals surface area contributed by atoms with Gasteiger partial charge in [0.25, 0.3) is 5.91 Å². The second kappa shape index (κ2) is 7.06. The number of nitrogens with two attached hydrogens (primary N) is 1. The van der Waals surface area contributed by atoms with Crippen molar-refractivity contribution in [3.63, 3.8) is 0 Å². The maximum absolute atomic E-state index is 13.3. The predicted molar refractivity (Wildman–Crippen MR) is 94.7 cm³/mol. The summed E-state index contributed by atoms with van der Waals surface area (Å²) in [4.78, 5) is 12.3. The Hall–Kier alpha value is -3.04. The molecular weight excluding hydrogens is 359 g/mol. The van der Waals surface area contributed by atoms with Gasteiger partial charge < -0.3 is 5.32 Å². The van der Waals surface area contributed by atoms with Crippen LogP contribution in [0.2, 0.25) is 0 Å². The number of hydrogen-bond acceptors (Lipinski definition) is 4. The van der Waals surface area contributed by atoms with E-state index in [9.17, 15) is 17.6 Å². The van der Waals surface area contributed by atoms with Crippen LogP contribution in [0.1, 0.15) is 16.1 Å². The van der Waals surface area contributed by atoms with Crippen LogP contribution >= 0.6 is 0 Å². The van der Waals surface area contributed by atoms with Gasteiger partial charge in [-0.25, -0.2) is 22.6 Å². The summed E-state index contributed by atoms with van der Waals surface area (Å²) < 4.78 is 36.8. The molecule has 0 aliphatic carbocycles. The molecule has 0 spiro atoms. The van der Waals surface area contributed by atoms with Gasteiger partial charge in [0.15, 0.2) is 5.69 Å². The third-order valence-electron chi connectivity index (χ3n) is 3.47. The Morgan fingerprint density at radius 1 is 1.15 bits per heavy atom. The van der Waals surface area contributed by atoms with E-state index in [1.54, 1.807) is 42.6 Å². The minimum Gasteiger partial charge on any atom is -0.321 e. The number of nitrogens with zero attached hydrogens (tertiary/aromatic N) is 2. The molecule has 3 N–H and O–H groups in total. The maximum Gasteiger partial charge on any atom is 0.276 e. The molecule has 7 nitrogen and oxygen atoms in total. The first-order valence-corrected chi connectivity index (χ1v) is 9.24. The van der Waals surface area contributed by atoms with E-state index in [4.69, 9.17) is 5.14 Å². The fourth-order valence-electron chi connectivity index (χ4n) is 2.32. The molecule has 0 unspecified atom stereocenters. The van der Waals surface area contributed by atoms with Crippen molar-refractivity contribution in [1.29, 1.82) is 0 Å². The zero-order valence-electron chi connectivity index (χ0n) is 13.5. The lowest BCUT2D eigenvalue weighted by Crippen LogP contribution is -2.15. The Bertz CT molecular complexity index is 1050. The highest BCUT2D eigenvalue weighted by Gasteiger charge is 2.11. The van der Waals surface area contributed by atoms with E-state index in [1.807, 2.05) is 0 Å². The van der Waals surface area contributed by atoms with E-state index in [0.717, 1.165) is 0 Å². The standard InChI is InChI=1S/C17H15FN4O3S/c18-13-2-1-3-15(10-13)22-9-8-16(21-22)17(23)20-14-6-4-12(5-7-14)11-26(19,24)25/h1-10H,11H2,(H,20,23)(H2,19,24,25). The highest BCUT2D eigenvalue weighted by molar-refractivity contribution is 7.88. The molecule has 0 saturated carbocycles. The number of rotatable bonds is 5. The molecule has 1 amide bonds. The molecule has 0 fully saturated rings. The van der Waals surface area contributed by atoms with Crippen molar-refractivity contribution < 1.29 is 17.6 Å². The molecule has 3 aromatic rings. The molecule has 1 aromatic heterocycles. The van der Waals surface area contributed by atoms with Gasteiger partial charge in [-0.3, -0.25) is 4.79 Å². The van der Waals surface area contributed by atoms with Crippen molar-refractivity contribution in [3.05, 3.63) is 77.9 Å². The number of sulfonamides is 1. The summed E-state index contributed by atoms with van der Waals surface area (Å²) in [6.07, 6.45) is 1.55. The molecule has 2 aromatic carbocycles. The molecule has 0 aliphatic heterocycles. The number of nitrogens with one attached hydrogen (secondary N) is 1. The van der Waals surface area contributed by atoms with E-state index in [2.05, 4.69) is 10.4 Å². The molecule has 0 atom stereocenters. The molecule has 9 heteroatoms. The van der Waals surface area contributed by atoms with Gasteiger partial charge >= 0.3 is 0 Å². The zero-order chi connectivity index (χ0) is 18.7. The molecule has 0 aliphatic rings. The SMILES string of the molecule is NS(=O)(=O)Cc1ccc(NC(=O)c2ccn(-c3cccc(F)c3)n2)cc1. The Kier molecular flexibility index (Phi) is 4.83. The minimum absolute atomic E-state index is 0.155. The average molecular weight is 374 g/mol. The molecule has 1 heterocycles.